The second-order valence-corrected chi connectivity index (χ2v) is 19.2. The van der Waals surface area contributed by atoms with E-state index in [0.717, 1.165) is 51.4 Å². The molecule has 4 fully saturated rings. The van der Waals surface area contributed by atoms with Gasteiger partial charge >= 0.3 is 0 Å². The van der Waals surface area contributed by atoms with Gasteiger partial charge in [0.05, 0.1) is 25.4 Å². The van der Waals surface area contributed by atoms with Gasteiger partial charge in [-0.1, -0.05) is 20.8 Å². The number of fused-ring (bicyclic) bond motifs is 5. The summed E-state index contributed by atoms with van der Waals surface area (Å²) in [5.74, 6) is 0.434. The largest absolute Gasteiger partial charge is 0.394 e. The zero-order valence-corrected chi connectivity index (χ0v) is 36.5. The number of hydrogen-bond donors (Lipinski definition) is 13. The van der Waals surface area contributed by atoms with Gasteiger partial charge in [0.1, 0.15) is 36.6 Å². The third kappa shape index (κ3) is 11.8. The summed E-state index contributed by atoms with van der Waals surface area (Å²) in [4.78, 5) is 40.5. The molecule has 4 saturated carbocycles. The van der Waals surface area contributed by atoms with Crippen molar-refractivity contribution in [3.63, 3.8) is 0 Å². The van der Waals surface area contributed by atoms with Gasteiger partial charge in [-0.15, -0.1) is 0 Å². The first-order valence-corrected chi connectivity index (χ1v) is 22.5. The zero-order valence-electron chi connectivity index (χ0n) is 36.5. The van der Waals surface area contributed by atoms with Crippen LogP contribution in [0.5, 0.6) is 0 Å². The molecule has 18 heteroatoms. The average molecular weight is 876 g/mol. The highest BCUT2D eigenvalue weighted by Crippen LogP contribution is 2.68. The fourth-order valence-corrected chi connectivity index (χ4v) is 12.0. The minimum absolute atomic E-state index is 0.0307. The smallest absolute Gasteiger partial charge is 0.251 e. The third-order valence-corrected chi connectivity index (χ3v) is 15.7. The van der Waals surface area contributed by atoms with Crippen LogP contribution in [-0.4, -0.2) is 186 Å². The minimum atomic E-state index is -2.10. The van der Waals surface area contributed by atoms with Gasteiger partial charge in [-0.3, -0.25) is 14.4 Å². The summed E-state index contributed by atoms with van der Waals surface area (Å²) in [6.45, 7) is 5.61. The standard InChI is InChI=1S/C43H77N3O15/c1-23(26-8-9-27-33-28(12-14-43(26,27)3)42(2)13-11-25(49)19-24(42)20-31(33)61-4)7-10-32(52)46(17-5-15-44-40(59)38(57)36(55)34(53)29(50)21-47)18-6-16-45-41(60)39(58)37(56)35(54)30(51)22-48/h23-31,33-39,47-51,53-58H,5-22H2,1-4H3,(H,44,59)(H,45,60)/t23-,24+,25-,26-,27+,28+,29-,30-,31-,33+,34-,35-,36+,37+,38-,39-,42+,43-/m1/s1. The first kappa shape index (κ1) is 51.6. The van der Waals surface area contributed by atoms with E-state index in [-0.39, 0.29) is 80.3 Å². The molecule has 4 aliphatic rings. The van der Waals surface area contributed by atoms with E-state index in [1.807, 2.05) is 7.11 Å². The molecule has 0 aliphatic heterocycles. The van der Waals surface area contributed by atoms with E-state index < -0.39 is 73.9 Å². The highest BCUT2D eigenvalue weighted by atomic mass is 16.5. The summed E-state index contributed by atoms with van der Waals surface area (Å²) in [6.07, 6.45) is -6.40. The van der Waals surface area contributed by atoms with Gasteiger partial charge in [0.25, 0.3) is 11.8 Å². The van der Waals surface area contributed by atoms with Crippen LogP contribution in [0.1, 0.15) is 97.8 Å². The molecule has 0 aromatic heterocycles. The monoisotopic (exact) mass is 876 g/mol. The SMILES string of the molecule is CO[C@@H]1C[C@@H]2C[C@H](O)CC[C@]2(C)[C@H]2CC[C@]3(C)[C@@H]([C@H](C)CCC(=O)N(CCCNC(=O)[C@H](O)[C@@H](O)[C@H](O)[C@H](O)CO)CCCNC(=O)[C@H](O)[C@@H](O)[C@H](O)[C@H](O)CO)CC[C@H]3[C@H]12. The minimum Gasteiger partial charge on any atom is -0.394 e. The second kappa shape index (κ2) is 22.7. The van der Waals surface area contributed by atoms with Crippen molar-refractivity contribution in [1.82, 2.24) is 15.5 Å². The Hall–Kier alpha value is -2.07. The van der Waals surface area contributed by atoms with Crippen molar-refractivity contribution in [3.8, 4) is 0 Å². The molecule has 354 valence electrons. The van der Waals surface area contributed by atoms with E-state index in [1.54, 1.807) is 4.90 Å². The molecular weight excluding hydrogens is 798 g/mol. The van der Waals surface area contributed by atoms with Crippen LogP contribution in [0.15, 0.2) is 0 Å². The summed E-state index contributed by atoms with van der Waals surface area (Å²) in [7, 11) is 1.84. The van der Waals surface area contributed by atoms with Crippen molar-refractivity contribution in [2.24, 2.45) is 46.3 Å². The van der Waals surface area contributed by atoms with Crippen LogP contribution in [0, 0.1) is 46.3 Å². The zero-order chi connectivity index (χ0) is 45.4. The predicted molar refractivity (Wildman–Crippen MR) is 220 cm³/mol. The number of carbonyl (C=O) groups is 3. The van der Waals surface area contributed by atoms with Gasteiger partial charge in [-0.2, -0.15) is 0 Å². The summed E-state index contributed by atoms with van der Waals surface area (Å²) in [5, 5.41) is 113. The molecule has 0 unspecified atom stereocenters. The molecule has 0 spiro atoms. The highest BCUT2D eigenvalue weighted by molar-refractivity contribution is 5.81. The number of rotatable bonds is 23. The maximum Gasteiger partial charge on any atom is 0.251 e. The van der Waals surface area contributed by atoms with Gasteiger partial charge in [-0.25, -0.2) is 0 Å². The Morgan fingerprint density at radius 2 is 1.23 bits per heavy atom. The summed E-state index contributed by atoms with van der Waals surface area (Å²) < 4.78 is 6.26. The maximum atomic E-state index is 13.9. The molecule has 4 rings (SSSR count). The summed E-state index contributed by atoms with van der Waals surface area (Å²) in [5.41, 5.74) is 0.301. The normalized spacial score (nSPS) is 34.2. The van der Waals surface area contributed by atoms with Crippen LogP contribution in [0.3, 0.4) is 0 Å². The van der Waals surface area contributed by atoms with Gasteiger partial charge in [-0.05, 0) is 117 Å². The number of methoxy groups -OCH3 is 1. The average Bonchev–Trinajstić information content (AvgIpc) is 3.62. The molecule has 0 aromatic carbocycles. The first-order chi connectivity index (χ1) is 28.8. The quantitative estimate of drug-likeness (QED) is 0.0483. The van der Waals surface area contributed by atoms with E-state index in [9.17, 15) is 60.3 Å². The Morgan fingerprint density at radius 1 is 0.721 bits per heavy atom. The van der Waals surface area contributed by atoms with Crippen molar-refractivity contribution in [1.29, 1.82) is 0 Å². The Bertz CT molecular complexity index is 1370. The van der Waals surface area contributed by atoms with E-state index >= 15 is 0 Å². The van der Waals surface area contributed by atoms with Gasteiger partial charge in [0, 0.05) is 39.7 Å². The van der Waals surface area contributed by atoms with Crippen molar-refractivity contribution >= 4 is 17.7 Å². The number of nitrogens with zero attached hydrogens (tertiary/aromatic N) is 1. The molecule has 0 aromatic rings. The van der Waals surface area contributed by atoms with Crippen molar-refractivity contribution < 1.29 is 75.3 Å². The number of hydrogen-bond acceptors (Lipinski definition) is 15. The van der Waals surface area contributed by atoms with E-state index in [2.05, 4.69) is 31.4 Å². The number of carbonyl (C=O) groups excluding carboxylic acids is 3. The highest BCUT2D eigenvalue weighted by Gasteiger charge is 2.63. The Balaban J connectivity index is 1.36. The van der Waals surface area contributed by atoms with Gasteiger partial charge < -0.3 is 76.4 Å². The molecule has 61 heavy (non-hydrogen) atoms. The number of aliphatic hydroxyl groups is 11. The van der Waals surface area contributed by atoms with E-state index in [0.29, 0.717) is 36.0 Å². The van der Waals surface area contributed by atoms with Crippen LogP contribution in [0.25, 0.3) is 0 Å². The summed E-state index contributed by atoms with van der Waals surface area (Å²) in [6, 6.07) is 0. The fourth-order valence-electron chi connectivity index (χ4n) is 12.0. The predicted octanol–water partition coefficient (Wildman–Crippen LogP) is -2.24. The molecular formula is C43H77N3O15. The van der Waals surface area contributed by atoms with Gasteiger partial charge in [0.15, 0.2) is 12.2 Å². The maximum absolute atomic E-state index is 13.9. The first-order valence-electron chi connectivity index (χ1n) is 22.5. The number of nitrogens with one attached hydrogen (secondary N) is 2. The molecule has 13 N–H and O–H groups in total. The lowest BCUT2D eigenvalue weighted by atomic mass is 9.43. The molecule has 18 nitrogen and oxygen atoms in total. The molecule has 0 radical (unpaired) electrons. The number of amides is 3. The van der Waals surface area contributed by atoms with Crippen molar-refractivity contribution in [3.05, 3.63) is 0 Å². The molecule has 0 heterocycles. The van der Waals surface area contributed by atoms with Crippen LogP contribution in [0.4, 0.5) is 0 Å². The Morgan fingerprint density at radius 3 is 1.74 bits per heavy atom. The topological polar surface area (TPSA) is 310 Å². The summed E-state index contributed by atoms with van der Waals surface area (Å²) >= 11 is 0. The van der Waals surface area contributed by atoms with Crippen molar-refractivity contribution in [2.45, 2.75) is 159 Å². The molecule has 0 saturated heterocycles. The third-order valence-electron chi connectivity index (χ3n) is 15.7. The van der Waals surface area contributed by atoms with Crippen LogP contribution in [-0.2, 0) is 19.1 Å². The number of ether oxygens (including phenoxy) is 1. The second-order valence-electron chi connectivity index (χ2n) is 19.2. The van der Waals surface area contributed by atoms with E-state index in [4.69, 9.17) is 14.9 Å². The lowest BCUT2D eigenvalue weighted by Crippen LogP contribution is -2.59. The molecule has 3 amide bonds. The molecule has 4 aliphatic carbocycles. The fraction of sp³-hybridized carbons (Fsp3) is 0.930. The lowest BCUT2D eigenvalue weighted by Gasteiger charge is -2.63. The Labute approximate surface area is 359 Å². The lowest BCUT2D eigenvalue weighted by molar-refractivity contribution is -0.181. The Kier molecular flexibility index (Phi) is 19.2. The molecule has 18 atom stereocenters. The van der Waals surface area contributed by atoms with E-state index in [1.165, 1.54) is 0 Å². The van der Waals surface area contributed by atoms with Gasteiger partial charge in [0.2, 0.25) is 5.91 Å². The van der Waals surface area contributed by atoms with Crippen LogP contribution >= 0.6 is 0 Å². The van der Waals surface area contributed by atoms with Crippen LogP contribution in [0.2, 0.25) is 0 Å². The van der Waals surface area contributed by atoms with Crippen LogP contribution < -0.4 is 10.6 Å². The molecule has 0 bridgehead atoms. The number of aliphatic hydroxyl groups excluding tert-OH is 11. The van der Waals surface area contributed by atoms with Crippen molar-refractivity contribution in [2.75, 3.05) is 46.5 Å².